The molecule has 72 valence electrons. The van der Waals surface area contributed by atoms with E-state index in [4.69, 9.17) is 5.73 Å². The van der Waals surface area contributed by atoms with Crippen molar-refractivity contribution in [1.29, 1.82) is 0 Å². The lowest BCUT2D eigenvalue weighted by Crippen LogP contribution is -2.28. The number of anilines is 1. The van der Waals surface area contributed by atoms with Crippen molar-refractivity contribution in [3.8, 4) is 0 Å². The van der Waals surface area contributed by atoms with E-state index < -0.39 is 0 Å². The van der Waals surface area contributed by atoms with Crippen LogP contribution in [0.15, 0.2) is 5.38 Å². The van der Waals surface area contributed by atoms with Crippen molar-refractivity contribution in [3.05, 3.63) is 10.4 Å². The summed E-state index contributed by atoms with van der Waals surface area (Å²) in [6.45, 7) is 3.43. The van der Waals surface area contributed by atoms with E-state index in [1.54, 1.807) is 11.3 Å². The summed E-state index contributed by atoms with van der Waals surface area (Å²) in [6.07, 6.45) is 4.05. The molecule has 0 radical (unpaired) electrons. The Kier molecular flexibility index (Phi) is 2.80. The van der Waals surface area contributed by atoms with Gasteiger partial charge in [-0.25, -0.2) is 4.98 Å². The molecular formula is C9H15N3S. The Bertz CT molecular complexity index is 266. The fourth-order valence-corrected chi connectivity index (χ4v) is 2.43. The SMILES string of the molecule is Nc1csc(CN2CCCCC2)n1. The highest BCUT2D eigenvalue weighted by Crippen LogP contribution is 2.16. The maximum Gasteiger partial charge on any atom is 0.134 e. The first-order valence-corrected chi connectivity index (χ1v) is 5.65. The highest BCUT2D eigenvalue weighted by Gasteiger charge is 2.11. The molecule has 0 atom stereocenters. The third kappa shape index (κ3) is 2.42. The minimum Gasteiger partial charge on any atom is -0.383 e. The van der Waals surface area contributed by atoms with Gasteiger partial charge in [-0.3, -0.25) is 4.90 Å². The summed E-state index contributed by atoms with van der Waals surface area (Å²) >= 11 is 1.67. The molecule has 1 saturated heterocycles. The third-order valence-corrected chi connectivity index (χ3v) is 3.23. The molecule has 0 saturated carbocycles. The van der Waals surface area contributed by atoms with Gasteiger partial charge in [0.25, 0.3) is 0 Å². The number of likely N-dealkylation sites (tertiary alicyclic amines) is 1. The second-order valence-corrected chi connectivity index (χ2v) is 4.45. The number of hydrogen-bond donors (Lipinski definition) is 1. The standard InChI is InChI=1S/C9H15N3S/c10-8-7-13-9(11-8)6-12-4-2-1-3-5-12/h7H,1-6,10H2. The van der Waals surface area contributed by atoms with E-state index in [0.717, 1.165) is 11.6 Å². The molecule has 3 nitrogen and oxygen atoms in total. The van der Waals surface area contributed by atoms with Crippen LogP contribution >= 0.6 is 11.3 Å². The van der Waals surface area contributed by atoms with Crippen molar-refractivity contribution in [2.24, 2.45) is 0 Å². The Morgan fingerprint density at radius 1 is 1.38 bits per heavy atom. The van der Waals surface area contributed by atoms with Crippen LogP contribution in [0, 0.1) is 0 Å². The summed E-state index contributed by atoms with van der Waals surface area (Å²) in [5.74, 6) is 0.664. The Morgan fingerprint density at radius 2 is 2.15 bits per heavy atom. The van der Waals surface area contributed by atoms with Gasteiger partial charge in [0.05, 0.1) is 6.54 Å². The minimum atomic E-state index is 0.664. The molecule has 0 aromatic carbocycles. The highest BCUT2D eigenvalue weighted by molar-refractivity contribution is 7.09. The van der Waals surface area contributed by atoms with Gasteiger partial charge < -0.3 is 5.73 Å². The lowest BCUT2D eigenvalue weighted by Gasteiger charge is -2.25. The number of rotatable bonds is 2. The number of nitrogens with two attached hydrogens (primary N) is 1. The molecular weight excluding hydrogens is 182 g/mol. The second-order valence-electron chi connectivity index (χ2n) is 3.50. The smallest absolute Gasteiger partial charge is 0.134 e. The van der Waals surface area contributed by atoms with Crippen LogP contribution in [-0.2, 0) is 6.54 Å². The first kappa shape index (κ1) is 8.97. The summed E-state index contributed by atoms with van der Waals surface area (Å²) < 4.78 is 0. The summed E-state index contributed by atoms with van der Waals surface area (Å²) in [6, 6.07) is 0. The molecule has 4 heteroatoms. The number of aromatic nitrogens is 1. The van der Waals surface area contributed by atoms with Crippen molar-refractivity contribution in [2.75, 3.05) is 18.8 Å². The molecule has 1 aromatic heterocycles. The van der Waals surface area contributed by atoms with Gasteiger partial charge >= 0.3 is 0 Å². The largest absolute Gasteiger partial charge is 0.383 e. The predicted octanol–water partition coefficient (Wildman–Crippen LogP) is 1.71. The molecule has 0 amide bonds. The zero-order valence-corrected chi connectivity index (χ0v) is 8.52. The van der Waals surface area contributed by atoms with Crippen molar-refractivity contribution in [3.63, 3.8) is 0 Å². The van der Waals surface area contributed by atoms with Crippen LogP contribution in [0.25, 0.3) is 0 Å². The van der Waals surface area contributed by atoms with E-state index in [2.05, 4.69) is 9.88 Å². The molecule has 1 fully saturated rings. The molecule has 0 aliphatic carbocycles. The molecule has 0 bridgehead atoms. The summed E-state index contributed by atoms with van der Waals surface area (Å²) in [5.41, 5.74) is 5.56. The molecule has 1 aliphatic rings. The topological polar surface area (TPSA) is 42.1 Å². The molecule has 0 spiro atoms. The van der Waals surface area contributed by atoms with Crippen molar-refractivity contribution < 1.29 is 0 Å². The van der Waals surface area contributed by atoms with Gasteiger partial charge in [-0.05, 0) is 25.9 Å². The van der Waals surface area contributed by atoms with Gasteiger partial charge in [0.15, 0.2) is 0 Å². The van der Waals surface area contributed by atoms with Gasteiger partial charge in [0.1, 0.15) is 10.8 Å². The van der Waals surface area contributed by atoms with Gasteiger partial charge in [-0.15, -0.1) is 11.3 Å². The summed E-state index contributed by atoms with van der Waals surface area (Å²) in [4.78, 5) is 6.72. The van der Waals surface area contributed by atoms with Crippen LogP contribution in [0.5, 0.6) is 0 Å². The van der Waals surface area contributed by atoms with Crippen LogP contribution in [-0.4, -0.2) is 23.0 Å². The molecule has 2 N–H and O–H groups in total. The number of hydrogen-bond acceptors (Lipinski definition) is 4. The Labute approximate surface area is 82.6 Å². The Morgan fingerprint density at radius 3 is 2.77 bits per heavy atom. The first-order valence-electron chi connectivity index (χ1n) is 4.77. The van der Waals surface area contributed by atoms with E-state index in [1.165, 1.54) is 32.4 Å². The Hall–Kier alpha value is -0.610. The van der Waals surface area contributed by atoms with Gasteiger partial charge in [-0.1, -0.05) is 6.42 Å². The fraction of sp³-hybridized carbons (Fsp3) is 0.667. The first-order chi connectivity index (χ1) is 6.34. The molecule has 0 unspecified atom stereocenters. The second kappa shape index (κ2) is 4.07. The lowest BCUT2D eigenvalue weighted by molar-refractivity contribution is 0.220. The third-order valence-electron chi connectivity index (χ3n) is 2.38. The molecule has 2 heterocycles. The highest BCUT2D eigenvalue weighted by atomic mass is 32.1. The zero-order valence-electron chi connectivity index (χ0n) is 7.70. The number of nitrogen functional groups attached to an aromatic ring is 1. The summed E-state index contributed by atoms with van der Waals surface area (Å²) in [5, 5.41) is 3.07. The van der Waals surface area contributed by atoms with E-state index in [1.807, 2.05) is 5.38 Å². The average molecular weight is 197 g/mol. The van der Waals surface area contributed by atoms with Gasteiger partial charge in [-0.2, -0.15) is 0 Å². The van der Waals surface area contributed by atoms with E-state index in [-0.39, 0.29) is 0 Å². The normalized spacial score (nSPS) is 19.1. The number of nitrogens with zero attached hydrogens (tertiary/aromatic N) is 2. The number of thiazole rings is 1. The summed E-state index contributed by atoms with van der Waals surface area (Å²) in [7, 11) is 0. The van der Waals surface area contributed by atoms with E-state index in [9.17, 15) is 0 Å². The van der Waals surface area contributed by atoms with Crippen molar-refractivity contribution >= 4 is 17.2 Å². The predicted molar refractivity (Wildman–Crippen MR) is 55.7 cm³/mol. The van der Waals surface area contributed by atoms with Crippen LogP contribution in [0.3, 0.4) is 0 Å². The lowest BCUT2D eigenvalue weighted by atomic mass is 10.1. The van der Waals surface area contributed by atoms with Crippen LogP contribution in [0.1, 0.15) is 24.3 Å². The minimum absolute atomic E-state index is 0.664. The van der Waals surface area contributed by atoms with Gasteiger partial charge in [0, 0.05) is 5.38 Å². The maximum atomic E-state index is 5.56. The van der Waals surface area contributed by atoms with Gasteiger partial charge in [0.2, 0.25) is 0 Å². The van der Waals surface area contributed by atoms with Crippen LogP contribution in [0.2, 0.25) is 0 Å². The fourth-order valence-electron chi connectivity index (χ4n) is 1.71. The molecule has 1 aromatic rings. The van der Waals surface area contributed by atoms with E-state index >= 15 is 0 Å². The quantitative estimate of drug-likeness (QED) is 0.785. The van der Waals surface area contributed by atoms with Crippen molar-refractivity contribution in [1.82, 2.24) is 9.88 Å². The molecule has 1 aliphatic heterocycles. The monoisotopic (exact) mass is 197 g/mol. The van der Waals surface area contributed by atoms with Crippen LogP contribution < -0.4 is 5.73 Å². The zero-order chi connectivity index (χ0) is 9.10. The maximum absolute atomic E-state index is 5.56. The van der Waals surface area contributed by atoms with E-state index in [0.29, 0.717) is 5.82 Å². The average Bonchev–Trinajstić information content (AvgIpc) is 2.53. The molecule has 2 rings (SSSR count). The Balaban J connectivity index is 1.89. The van der Waals surface area contributed by atoms with Crippen molar-refractivity contribution in [2.45, 2.75) is 25.8 Å². The molecule has 13 heavy (non-hydrogen) atoms. The number of piperidine rings is 1. The van der Waals surface area contributed by atoms with Crippen LogP contribution in [0.4, 0.5) is 5.82 Å².